The standard InChI is InChI=1S/C34H51N3O4/c1-35-25-29(24-27-14-5-3-6-15-27)36-33(38)37-22-13-16-28(26-37)34(39,21-11-12-23-40-2)31-19-9-10-20-32(31)41-30-17-7-4-8-18-30/h4,7-10,17-20,27-29,35,39H,3,5-6,11-16,21-26H2,1-2H3,(H,36,38)/t28-,29+,34+/m1/s1. The number of carbonyl (C=O) groups excluding carboxylic acids is 1. The van der Waals surface area contributed by atoms with Gasteiger partial charge >= 0.3 is 6.03 Å². The van der Waals surface area contributed by atoms with E-state index in [0.717, 1.165) is 50.0 Å². The van der Waals surface area contributed by atoms with Crippen LogP contribution in [0.2, 0.25) is 0 Å². The highest BCUT2D eigenvalue weighted by molar-refractivity contribution is 5.74. The first kappa shape index (κ1) is 31.3. The van der Waals surface area contributed by atoms with Crippen LogP contribution in [0.3, 0.4) is 0 Å². The van der Waals surface area contributed by atoms with Gasteiger partial charge in [-0.05, 0) is 69.7 Å². The number of piperidine rings is 1. The molecule has 3 atom stereocenters. The molecule has 3 N–H and O–H groups in total. The van der Waals surface area contributed by atoms with Gasteiger partial charge in [0.1, 0.15) is 11.5 Å². The first-order chi connectivity index (χ1) is 20.0. The van der Waals surface area contributed by atoms with E-state index in [1.807, 2.05) is 66.5 Å². The molecule has 1 aliphatic carbocycles. The number of carbonyl (C=O) groups is 1. The number of methoxy groups -OCH3 is 1. The Kier molecular flexibility index (Phi) is 12.3. The Labute approximate surface area is 247 Å². The van der Waals surface area contributed by atoms with Gasteiger partial charge in [-0.2, -0.15) is 0 Å². The van der Waals surface area contributed by atoms with Crippen LogP contribution in [0.5, 0.6) is 11.5 Å². The molecule has 4 rings (SSSR count). The summed E-state index contributed by atoms with van der Waals surface area (Å²) in [5.74, 6) is 1.98. The minimum Gasteiger partial charge on any atom is -0.457 e. The Morgan fingerprint density at radius 3 is 2.54 bits per heavy atom. The number of ether oxygens (including phenoxy) is 2. The molecule has 2 aliphatic rings. The molecule has 7 nitrogen and oxygen atoms in total. The van der Waals surface area contributed by atoms with Crippen LogP contribution in [0, 0.1) is 11.8 Å². The van der Waals surface area contributed by atoms with Gasteiger partial charge < -0.3 is 30.1 Å². The highest BCUT2D eigenvalue weighted by atomic mass is 16.5. The van der Waals surface area contributed by atoms with Gasteiger partial charge in [-0.15, -0.1) is 0 Å². The molecule has 1 saturated carbocycles. The van der Waals surface area contributed by atoms with Crippen molar-refractivity contribution in [2.75, 3.05) is 40.4 Å². The Morgan fingerprint density at radius 1 is 1.02 bits per heavy atom. The van der Waals surface area contributed by atoms with Crippen LogP contribution in [0.1, 0.15) is 76.2 Å². The lowest BCUT2D eigenvalue weighted by molar-refractivity contribution is -0.0575. The molecule has 0 unspecified atom stereocenters. The maximum Gasteiger partial charge on any atom is 0.317 e. The van der Waals surface area contributed by atoms with E-state index in [9.17, 15) is 9.90 Å². The molecule has 1 saturated heterocycles. The Hall–Kier alpha value is -2.61. The zero-order chi connectivity index (χ0) is 28.9. The molecule has 0 radical (unpaired) electrons. The molecule has 226 valence electrons. The quantitative estimate of drug-likeness (QED) is 0.229. The van der Waals surface area contributed by atoms with Crippen molar-refractivity contribution in [2.45, 2.75) is 82.3 Å². The first-order valence-electron chi connectivity index (χ1n) is 15.8. The van der Waals surface area contributed by atoms with Crippen molar-refractivity contribution in [1.29, 1.82) is 0 Å². The number of nitrogens with zero attached hydrogens (tertiary/aromatic N) is 1. The normalized spacial score (nSPS) is 20.3. The number of likely N-dealkylation sites (tertiary alicyclic amines) is 1. The van der Waals surface area contributed by atoms with Gasteiger partial charge in [0.25, 0.3) is 0 Å². The molecule has 2 aromatic carbocycles. The zero-order valence-electron chi connectivity index (χ0n) is 25.2. The Bertz CT molecular complexity index is 1050. The number of amides is 2. The fraction of sp³-hybridized carbons (Fsp3) is 0.618. The number of para-hydroxylation sites is 2. The Morgan fingerprint density at radius 2 is 1.78 bits per heavy atom. The third-order valence-corrected chi connectivity index (χ3v) is 8.99. The van der Waals surface area contributed by atoms with E-state index in [1.165, 1.54) is 32.1 Å². The van der Waals surface area contributed by atoms with Gasteiger partial charge in [0.2, 0.25) is 0 Å². The smallest absolute Gasteiger partial charge is 0.317 e. The second-order valence-corrected chi connectivity index (χ2v) is 12.0. The molecule has 2 amide bonds. The van der Waals surface area contributed by atoms with E-state index in [-0.39, 0.29) is 18.0 Å². The second-order valence-electron chi connectivity index (χ2n) is 12.0. The van der Waals surface area contributed by atoms with E-state index in [2.05, 4.69) is 10.6 Å². The number of unbranched alkanes of at least 4 members (excludes halogenated alkanes) is 1. The predicted octanol–water partition coefficient (Wildman–Crippen LogP) is 6.46. The molecule has 41 heavy (non-hydrogen) atoms. The van der Waals surface area contributed by atoms with Crippen molar-refractivity contribution < 1.29 is 19.4 Å². The van der Waals surface area contributed by atoms with Gasteiger partial charge in [0, 0.05) is 50.9 Å². The molecule has 2 fully saturated rings. The maximum absolute atomic E-state index is 13.6. The van der Waals surface area contributed by atoms with Crippen LogP contribution in [0.15, 0.2) is 54.6 Å². The number of aliphatic hydroxyl groups is 1. The number of urea groups is 1. The van der Waals surface area contributed by atoms with Gasteiger partial charge in [-0.1, -0.05) is 68.5 Å². The van der Waals surface area contributed by atoms with Crippen molar-refractivity contribution in [3.05, 3.63) is 60.2 Å². The average molecular weight is 566 g/mol. The van der Waals surface area contributed by atoms with Gasteiger partial charge in [-0.3, -0.25) is 0 Å². The summed E-state index contributed by atoms with van der Waals surface area (Å²) in [4.78, 5) is 15.5. The van der Waals surface area contributed by atoms with E-state index in [0.29, 0.717) is 37.8 Å². The van der Waals surface area contributed by atoms with Crippen LogP contribution >= 0.6 is 0 Å². The topological polar surface area (TPSA) is 83.1 Å². The molecular formula is C34H51N3O4. The molecular weight excluding hydrogens is 514 g/mol. The Balaban J connectivity index is 1.51. The fourth-order valence-electron chi connectivity index (χ4n) is 6.81. The van der Waals surface area contributed by atoms with Crippen molar-refractivity contribution in [3.8, 4) is 11.5 Å². The summed E-state index contributed by atoms with van der Waals surface area (Å²) < 4.78 is 11.6. The van der Waals surface area contributed by atoms with E-state index < -0.39 is 5.60 Å². The van der Waals surface area contributed by atoms with Crippen molar-refractivity contribution in [3.63, 3.8) is 0 Å². The van der Waals surface area contributed by atoms with Gasteiger partial charge in [0.15, 0.2) is 0 Å². The third-order valence-electron chi connectivity index (χ3n) is 8.99. The summed E-state index contributed by atoms with van der Waals surface area (Å²) in [6.45, 7) is 2.65. The monoisotopic (exact) mass is 565 g/mol. The van der Waals surface area contributed by atoms with Gasteiger partial charge in [-0.25, -0.2) is 4.79 Å². The van der Waals surface area contributed by atoms with Gasteiger partial charge in [0.05, 0.1) is 5.60 Å². The van der Waals surface area contributed by atoms with Crippen molar-refractivity contribution >= 4 is 6.03 Å². The zero-order valence-corrected chi connectivity index (χ0v) is 25.2. The predicted molar refractivity (Wildman–Crippen MR) is 164 cm³/mol. The molecule has 1 aliphatic heterocycles. The lowest BCUT2D eigenvalue weighted by Crippen LogP contribution is -2.54. The van der Waals surface area contributed by atoms with Crippen LogP contribution in [-0.4, -0.2) is 62.5 Å². The summed E-state index contributed by atoms with van der Waals surface area (Å²) >= 11 is 0. The van der Waals surface area contributed by atoms with Crippen molar-refractivity contribution in [2.24, 2.45) is 11.8 Å². The SMILES string of the molecule is CNC[C@H](CC1CCCCC1)NC(=O)N1CCC[C@@H]([C@@](O)(CCCCOC)c2ccccc2Oc2ccccc2)C1. The maximum atomic E-state index is 13.6. The highest BCUT2D eigenvalue weighted by Crippen LogP contribution is 2.44. The molecule has 1 heterocycles. The van der Waals surface area contributed by atoms with E-state index in [4.69, 9.17) is 9.47 Å². The number of hydrogen-bond donors (Lipinski definition) is 3. The van der Waals surface area contributed by atoms with Crippen LogP contribution in [0.25, 0.3) is 0 Å². The highest BCUT2D eigenvalue weighted by Gasteiger charge is 2.43. The largest absolute Gasteiger partial charge is 0.457 e. The minimum atomic E-state index is -1.13. The lowest BCUT2D eigenvalue weighted by atomic mass is 9.73. The number of rotatable bonds is 14. The van der Waals surface area contributed by atoms with E-state index in [1.54, 1.807) is 7.11 Å². The summed E-state index contributed by atoms with van der Waals surface area (Å²) in [7, 11) is 3.66. The minimum absolute atomic E-state index is 0.0127. The number of hydrogen-bond acceptors (Lipinski definition) is 5. The summed E-state index contributed by atoms with van der Waals surface area (Å²) in [5, 5.41) is 19.2. The average Bonchev–Trinajstić information content (AvgIpc) is 3.01. The number of nitrogens with one attached hydrogen (secondary N) is 2. The fourth-order valence-corrected chi connectivity index (χ4v) is 6.81. The molecule has 2 aromatic rings. The number of benzene rings is 2. The second kappa shape index (κ2) is 16.1. The lowest BCUT2D eigenvalue weighted by Gasteiger charge is -2.43. The molecule has 7 heteroatoms. The molecule has 0 bridgehead atoms. The van der Waals surface area contributed by atoms with Crippen LogP contribution in [-0.2, 0) is 10.3 Å². The summed E-state index contributed by atoms with van der Waals surface area (Å²) in [6.07, 6.45) is 11.5. The molecule has 0 spiro atoms. The van der Waals surface area contributed by atoms with Crippen molar-refractivity contribution in [1.82, 2.24) is 15.5 Å². The van der Waals surface area contributed by atoms with E-state index >= 15 is 0 Å². The third kappa shape index (κ3) is 8.94. The number of likely N-dealkylation sites (N-methyl/N-ethyl adjacent to an activating group) is 1. The summed E-state index contributed by atoms with van der Waals surface area (Å²) in [5.41, 5.74) is -0.344. The van der Waals surface area contributed by atoms with Crippen LogP contribution < -0.4 is 15.4 Å². The first-order valence-corrected chi connectivity index (χ1v) is 15.8. The molecule has 0 aromatic heterocycles. The summed E-state index contributed by atoms with van der Waals surface area (Å²) in [6, 6.07) is 17.6. The van der Waals surface area contributed by atoms with Crippen LogP contribution in [0.4, 0.5) is 4.79 Å².